The van der Waals surface area contributed by atoms with Crippen LogP contribution in [0.1, 0.15) is 32.4 Å². The van der Waals surface area contributed by atoms with Crippen molar-refractivity contribution in [3.05, 3.63) is 30.0 Å². The molecule has 0 bridgehead atoms. The number of fused-ring (bicyclic) bond motifs is 1. The van der Waals surface area contributed by atoms with Crippen molar-refractivity contribution in [1.82, 2.24) is 10.2 Å². The predicted octanol–water partition coefficient (Wildman–Crippen LogP) is 3.10. The van der Waals surface area contributed by atoms with Gasteiger partial charge in [0.2, 0.25) is 0 Å². The minimum absolute atomic E-state index is 0.315. The first-order chi connectivity index (χ1) is 8.76. The Morgan fingerprint density at radius 1 is 1.33 bits per heavy atom. The molecule has 0 radical (unpaired) electrons. The van der Waals surface area contributed by atoms with Gasteiger partial charge >= 0.3 is 0 Å². The number of nitrogens with one attached hydrogen (secondary N) is 1. The molecule has 0 aliphatic carbocycles. The van der Waals surface area contributed by atoms with Crippen LogP contribution >= 0.6 is 0 Å². The van der Waals surface area contributed by atoms with Crippen LogP contribution in [-0.4, -0.2) is 16.2 Å². The van der Waals surface area contributed by atoms with Crippen molar-refractivity contribution in [3.8, 4) is 6.07 Å². The number of benzene rings is 1. The molecule has 1 N–H and O–H groups in total. The van der Waals surface area contributed by atoms with Crippen LogP contribution in [0.3, 0.4) is 0 Å². The summed E-state index contributed by atoms with van der Waals surface area (Å²) in [6.45, 7) is 4.26. The molecule has 0 aliphatic heterocycles. The minimum atomic E-state index is 0.315. The van der Waals surface area contributed by atoms with Gasteiger partial charge < -0.3 is 5.32 Å². The summed E-state index contributed by atoms with van der Waals surface area (Å²) in [4.78, 5) is 0. The molecule has 0 spiro atoms. The van der Waals surface area contributed by atoms with E-state index < -0.39 is 0 Å². The topological polar surface area (TPSA) is 61.6 Å². The first-order valence-electron chi connectivity index (χ1n) is 6.18. The van der Waals surface area contributed by atoms with E-state index in [4.69, 9.17) is 5.26 Å². The monoisotopic (exact) mass is 240 g/mol. The molecular formula is C14H16N4. The van der Waals surface area contributed by atoms with E-state index in [-0.39, 0.29) is 0 Å². The van der Waals surface area contributed by atoms with E-state index in [2.05, 4.69) is 35.4 Å². The second-order valence-corrected chi connectivity index (χ2v) is 4.39. The van der Waals surface area contributed by atoms with Crippen LogP contribution in [0.15, 0.2) is 24.3 Å². The first-order valence-corrected chi connectivity index (χ1v) is 6.18. The molecule has 2 rings (SSSR count). The standard InChI is InChI=1S/C14H16N4/c1-3-6-10(2)16-14-11-7-4-5-8-12(11)17-18-13(14)9-15/h4-5,7-8,10H,3,6H2,1-2H3,(H,16,17). The fourth-order valence-electron chi connectivity index (χ4n) is 2.03. The Morgan fingerprint density at radius 2 is 2.11 bits per heavy atom. The quantitative estimate of drug-likeness (QED) is 0.892. The van der Waals surface area contributed by atoms with Crippen LogP contribution in [-0.2, 0) is 0 Å². The van der Waals surface area contributed by atoms with E-state index in [1.165, 1.54) is 0 Å². The van der Waals surface area contributed by atoms with Gasteiger partial charge in [-0.25, -0.2) is 0 Å². The highest BCUT2D eigenvalue weighted by Crippen LogP contribution is 2.24. The molecule has 1 heterocycles. The van der Waals surface area contributed by atoms with Gasteiger partial charge in [-0.1, -0.05) is 31.5 Å². The molecule has 1 aromatic heterocycles. The molecule has 1 atom stereocenters. The molecule has 18 heavy (non-hydrogen) atoms. The van der Waals surface area contributed by atoms with E-state index in [0.717, 1.165) is 29.4 Å². The van der Waals surface area contributed by atoms with E-state index >= 15 is 0 Å². The molecule has 0 saturated heterocycles. The van der Waals surface area contributed by atoms with E-state index in [1.54, 1.807) is 0 Å². The molecule has 1 aromatic carbocycles. The highest BCUT2D eigenvalue weighted by Gasteiger charge is 2.12. The number of rotatable bonds is 4. The maximum atomic E-state index is 9.13. The number of anilines is 1. The van der Waals surface area contributed by atoms with Crippen LogP contribution in [0.2, 0.25) is 0 Å². The van der Waals surface area contributed by atoms with Gasteiger partial charge in [0.15, 0.2) is 5.69 Å². The highest BCUT2D eigenvalue weighted by atomic mass is 15.1. The Bertz CT molecular complexity index is 586. The third kappa shape index (κ3) is 2.40. The van der Waals surface area contributed by atoms with Crippen molar-refractivity contribution in [2.45, 2.75) is 32.7 Å². The molecule has 92 valence electrons. The fourth-order valence-corrected chi connectivity index (χ4v) is 2.03. The van der Waals surface area contributed by atoms with Crippen LogP contribution < -0.4 is 5.32 Å². The third-order valence-electron chi connectivity index (χ3n) is 2.89. The van der Waals surface area contributed by atoms with Gasteiger partial charge in [0.05, 0.1) is 11.2 Å². The summed E-state index contributed by atoms with van der Waals surface area (Å²) in [5, 5.41) is 21.5. The van der Waals surface area contributed by atoms with Crippen LogP contribution in [0.5, 0.6) is 0 Å². The Morgan fingerprint density at radius 3 is 2.83 bits per heavy atom. The zero-order chi connectivity index (χ0) is 13.0. The van der Waals surface area contributed by atoms with Gasteiger partial charge in [-0.2, -0.15) is 5.26 Å². The molecule has 0 aliphatic rings. The lowest BCUT2D eigenvalue weighted by atomic mass is 10.1. The normalized spacial score (nSPS) is 12.1. The summed E-state index contributed by atoms with van der Waals surface area (Å²) in [6, 6.07) is 10.1. The number of nitriles is 1. The van der Waals surface area contributed by atoms with Gasteiger partial charge in [0.1, 0.15) is 6.07 Å². The second kappa shape index (κ2) is 5.46. The number of hydrogen-bond donors (Lipinski definition) is 1. The largest absolute Gasteiger partial charge is 0.380 e. The highest BCUT2D eigenvalue weighted by molar-refractivity contribution is 5.92. The summed E-state index contributed by atoms with van der Waals surface area (Å²) in [6.07, 6.45) is 2.16. The number of hydrogen-bond acceptors (Lipinski definition) is 4. The lowest BCUT2D eigenvalue weighted by Gasteiger charge is -2.16. The van der Waals surface area contributed by atoms with Crippen molar-refractivity contribution in [2.24, 2.45) is 0 Å². The smallest absolute Gasteiger partial charge is 0.186 e. The molecule has 2 aromatic rings. The molecule has 1 unspecified atom stereocenters. The van der Waals surface area contributed by atoms with Gasteiger partial charge in [0.25, 0.3) is 0 Å². The Labute approximate surface area is 107 Å². The number of nitrogens with zero attached hydrogens (tertiary/aromatic N) is 3. The van der Waals surface area contributed by atoms with Crippen molar-refractivity contribution < 1.29 is 0 Å². The first kappa shape index (κ1) is 12.3. The molecule has 4 nitrogen and oxygen atoms in total. The zero-order valence-corrected chi connectivity index (χ0v) is 10.6. The van der Waals surface area contributed by atoms with Gasteiger partial charge in [-0.05, 0) is 19.4 Å². The summed E-state index contributed by atoms with van der Waals surface area (Å²) in [5.74, 6) is 0. The minimum Gasteiger partial charge on any atom is -0.380 e. The Kier molecular flexibility index (Phi) is 3.73. The van der Waals surface area contributed by atoms with Gasteiger partial charge in [-0.15, -0.1) is 10.2 Å². The van der Waals surface area contributed by atoms with Crippen molar-refractivity contribution in [1.29, 1.82) is 5.26 Å². The fraction of sp³-hybridized carbons (Fsp3) is 0.357. The molecule has 0 saturated carbocycles. The van der Waals surface area contributed by atoms with Crippen molar-refractivity contribution in [3.63, 3.8) is 0 Å². The summed E-state index contributed by atoms with van der Waals surface area (Å²) >= 11 is 0. The molecular weight excluding hydrogens is 224 g/mol. The summed E-state index contributed by atoms with van der Waals surface area (Å²) in [5.41, 5.74) is 1.96. The van der Waals surface area contributed by atoms with Crippen LogP contribution in [0.25, 0.3) is 10.9 Å². The van der Waals surface area contributed by atoms with Crippen LogP contribution in [0.4, 0.5) is 5.69 Å². The van der Waals surface area contributed by atoms with Gasteiger partial charge in [0, 0.05) is 11.4 Å². The lowest BCUT2D eigenvalue weighted by molar-refractivity contribution is 0.690. The molecule has 4 heteroatoms. The second-order valence-electron chi connectivity index (χ2n) is 4.39. The summed E-state index contributed by atoms with van der Waals surface area (Å²) in [7, 11) is 0. The number of aromatic nitrogens is 2. The zero-order valence-electron chi connectivity index (χ0n) is 10.6. The van der Waals surface area contributed by atoms with E-state index in [1.807, 2.05) is 24.3 Å². The van der Waals surface area contributed by atoms with Gasteiger partial charge in [-0.3, -0.25) is 0 Å². The third-order valence-corrected chi connectivity index (χ3v) is 2.89. The Hall–Kier alpha value is -2.15. The van der Waals surface area contributed by atoms with Crippen molar-refractivity contribution in [2.75, 3.05) is 5.32 Å². The lowest BCUT2D eigenvalue weighted by Crippen LogP contribution is -2.16. The maximum absolute atomic E-state index is 9.13. The Balaban J connectivity index is 2.48. The van der Waals surface area contributed by atoms with E-state index in [9.17, 15) is 0 Å². The summed E-state index contributed by atoms with van der Waals surface area (Å²) < 4.78 is 0. The molecule has 0 amide bonds. The molecule has 0 fully saturated rings. The predicted molar refractivity (Wildman–Crippen MR) is 72.2 cm³/mol. The average Bonchev–Trinajstić information content (AvgIpc) is 2.39. The van der Waals surface area contributed by atoms with E-state index in [0.29, 0.717) is 11.7 Å². The SMILES string of the molecule is CCCC(C)Nc1c(C#N)nnc2ccccc12. The van der Waals surface area contributed by atoms with Crippen molar-refractivity contribution >= 4 is 16.6 Å². The maximum Gasteiger partial charge on any atom is 0.186 e. The average molecular weight is 240 g/mol. The van der Waals surface area contributed by atoms with Crippen LogP contribution in [0, 0.1) is 11.3 Å².